The first-order chi connectivity index (χ1) is 6.32. The van der Waals surface area contributed by atoms with Crippen molar-refractivity contribution in [3.05, 3.63) is 17.8 Å². The second-order valence-corrected chi connectivity index (χ2v) is 2.50. The lowest BCUT2D eigenvalue weighted by molar-refractivity contribution is -0.137. The molecule has 0 aliphatic rings. The normalized spacial score (nSPS) is 11.5. The minimum atomic E-state index is -4.74. The second-order valence-electron chi connectivity index (χ2n) is 2.50. The van der Waals surface area contributed by atoms with Gasteiger partial charge in [0.25, 0.3) is 0 Å². The molecule has 0 aliphatic carbocycles. The zero-order valence-corrected chi connectivity index (χ0v) is 6.65. The van der Waals surface area contributed by atoms with E-state index in [-0.39, 0.29) is 0 Å². The van der Waals surface area contributed by atoms with Crippen molar-refractivity contribution in [3.8, 4) is 5.88 Å². The number of aromatic hydroxyl groups is 1. The fourth-order valence-electron chi connectivity index (χ4n) is 0.910. The Labute approximate surface area is 76.8 Å². The Kier molecular flexibility index (Phi) is 2.67. The van der Waals surface area contributed by atoms with Crippen LogP contribution in [0.1, 0.15) is 5.56 Å². The van der Waals surface area contributed by atoms with Gasteiger partial charge in [-0.1, -0.05) is 0 Å². The van der Waals surface area contributed by atoms with Crippen LogP contribution in [0.25, 0.3) is 0 Å². The lowest BCUT2D eigenvalue weighted by Crippen LogP contribution is -2.36. The molecule has 1 aromatic rings. The predicted molar refractivity (Wildman–Crippen MR) is 40.7 cm³/mol. The number of aromatic nitrogens is 1. The zero-order chi connectivity index (χ0) is 10.9. The summed E-state index contributed by atoms with van der Waals surface area (Å²) < 4.78 is 36.6. The lowest BCUT2D eigenvalue weighted by Gasteiger charge is -2.11. The van der Waals surface area contributed by atoms with Crippen molar-refractivity contribution >= 4 is 12.6 Å². The summed E-state index contributed by atoms with van der Waals surface area (Å²) in [5, 5.41) is 26.0. The summed E-state index contributed by atoms with van der Waals surface area (Å²) in [4.78, 5) is 3.00. The van der Waals surface area contributed by atoms with E-state index >= 15 is 0 Å². The van der Waals surface area contributed by atoms with E-state index in [4.69, 9.17) is 15.2 Å². The van der Waals surface area contributed by atoms with Crippen molar-refractivity contribution in [2.24, 2.45) is 0 Å². The fraction of sp³-hybridized carbons (Fsp3) is 0.167. The maximum atomic E-state index is 12.2. The molecule has 1 heterocycles. The van der Waals surface area contributed by atoms with Crippen molar-refractivity contribution in [1.29, 1.82) is 0 Å². The van der Waals surface area contributed by atoms with Gasteiger partial charge in [0.15, 0.2) is 0 Å². The molecule has 0 fully saturated rings. The minimum absolute atomic E-state index is 0.337. The van der Waals surface area contributed by atoms with E-state index < -0.39 is 30.2 Å². The third-order valence-electron chi connectivity index (χ3n) is 1.51. The Morgan fingerprint density at radius 1 is 1.29 bits per heavy atom. The van der Waals surface area contributed by atoms with Crippen molar-refractivity contribution in [2.45, 2.75) is 6.18 Å². The van der Waals surface area contributed by atoms with E-state index in [0.29, 0.717) is 12.3 Å². The summed E-state index contributed by atoms with van der Waals surface area (Å²) in [6.07, 6.45) is -4.40. The van der Waals surface area contributed by atoms with Gasteiger partial charge in [-0.15, -0.1) is 0 Å². The highest BCUT2D eigenvalue weighted by molar-refractivity contribution is 6.59. The summed E-state index contributed by atoms with van der Waals surface area (Å²) in [6.45, 7) is 0. The van der Waals surface area contributed by atoms with Gasteiger partial charge in [-0.2, -0.15) is 13.2 Å². The molecule has 0 unspecified atom stereocenters. The van der Waals surface area contributed by atoms with Crippen LogP contribution in [-0.4, -0.2) is 27.3 Å². The van der Waals surface area contributed by atoms with Crippen LogP contribution >= 0.6 is 0 Å². The average molecular weight is 207 g/mol. The lowest BCUT2D eigenvalue weighted by atomic mass is 9.77. The Balaban J connectivity index is 3.29. The quantitative estimate of drug-likeness (QED) is 0.542. The molecule has 4 nitrogen and oxygen atoms in total. The van der Waals surface area contributed by atoms with Crippen LogP contribution < -0.4 is 5.46 Å². The molecule has 0 bridgehead atoms. The van der Waals surface area contributed by atoms with Gasteiger partial charge in [0.05, 0.1) is 5.56 Å². The van der Waals surface area contributed by atoms with E-state index in [9.17, 15) is 13.2 Å². The van der Waals surface area contributed by atoms with Gasteiger partial charge in [0, 0.05) is 17.7 Å². The number of hydrogen-bond acceptors (Lipinski definition) is 4. The maximum absolute atomic E-state index is 12.2. The van der Waals surface area contributed by atoms with Crippen LogP contribution in [0.2, 0.25) is 0 Å². The van der Waals surface area contributed by atoms with Crippen LogP contribution in [0, 0.1) is 0 Å². The number of pyridine rings is 1. The largest absolute Gasteiger partial charge is 0.493 e. The minimum Gasteiger partial charge on any atom is -0.493 e. The fourth-order valence-corrected chi connectivity index (χ4v) is 0.910. The smallest absolute Gasteiger partial charge is 0.489 e. The van der Waals surface area contributed by atoms with Crippen LogP contribution in [0.5, 0.6) is 5.88 Å². The zero-order valence-electron chi connectivity index (χ0n) is 6.65. The number of rotatable bonds is 1. The number of alkyl halides is 3. The molecule has 0 saturated carbocycles. The van der Waals surface area contributed by atoms with Crippen molar-refractivity contribution < 1.29 is 28.3 Å². The van der Waals surface area contributed by atoms with Gasteiger partial charge in [-0.05, 0) is 0 Å². The summed E-state index contributed by atoms with van der Waals surface area (Å²) in [7, 11) is -2.31. The Hall–Kier alpha value is -1.28. The molecule has 14 heavy (non-hydrogen) atoms. The van der Waals surface area contributed by atoms with E-state index in [0.717, 1.165) is 0 Å². The highest BCUT2D eigenvalue weighted by Gasteiger charge is 2.36. The van der Waals surface area contributed by atoms with Crippen molar-refractivity contribution in [2.75, 3.05) is 0 Å². The topological polar surface area (TPSA) is 73.6 Å². The van der Waals surface area contributed by atoms with Gasteiger partial charge in [-0.25, -0.2) is 4.98 Å². The van der Waals surface area contributed by atoms with Crippen LogP contribution in [0.4, 0.5) is 13.2 Å². The maximum Gasteiger partial charge on any atom is 0.489 e. The second kappa shape index (κ2) is 3.47. The summed E-state index contributed by atoms with van der Waals surface area (Å²) >= 11 is 0. The molecule has 8 heteroatoms. The average Bonchev–Trinajstić information content (AvgIpc) is 2.01. The summed E-state index contributed by atoms with van der Waals surface area (Å²) in [5.74, 6) is -0.707. The summed E-state index contributed by atoms with van der Waals surface area (Å²) in [6, 6.07) is 0.549. The van der Waals surface area contributed by atoms with Crippen LogP contribution in [0.15, 0.2) is 12.3 Å². The molecule has 0 aliphatic heterocycles. The first-order valence-electron chi connectivity index (χ1n) is 3.44. The van der Waals surface area contributed by atoms with Crippen LogP contribution in [0.3, 0.4) is 0 Å². The van der Waals surface area contributed by atoms with Gasteiger partial charge >= 0.3 is 13.3 Å². The highest BCUT2D eigenvalue weighted by atomic mass is 19.4. The molecule has 0 saturated heterocycles. The van der Waals surface area contributed by atoms with E-state index in [1.54, 1.807) is 0 Å². The third-order valence-corrected chi connectivity index (χ3v) is 1.51. The molecule has 0 amide bonds. The van der Waals surface area contributed by atoms with Crippen LogP contribution in [-0.2, 0) is 6.18 Å². The molecule has 0 aromatic carbocycles. The molecular formula is C6H5BF3NO3. The molecule has 1 rings (SSSR count). The van der Waals surface area contributed by atoms with Crippen molar-refractivity contribution in [1.82, 2.24) is 4.98 Å². The predicted octanol–water partition coefficient (Wildman–Crippen LogP) is -0.514. The SMILES string of the molecule is OB(O)c1cc(O)ncc1C(F)(F)F. The Bertz CT molecular complexity index is 342. The summed E-state index contributed by atoms with van der Waals surface area (Å²) in [5.41, 5.74) is -2.12. The monoisotopic (exact) mass is 207 g/mol. The molecule has 0 atom stereocenters. The van der Waals surface area contributed by atoms with E-state index in [1.165, 1.54) is 0 Å². The highest BCUT2D eigenvalue weighted by Crippen LogP contribution is 2.28. The standard InChI is InChI=1S/C6H5BF3NO3/c8-6(9,10)3-2-11-5(12)1-4(3)7(13)14/h1-2,13-14H,(H,11,12). The first-order valence-corrected chi connectivity index (χ1v) is 3.44. The Morgan fingerprint density at radius 3 is 2.29 bits per heavy atom. The molecule has 3 N–H and O–H groups in total. The van der Waals surface area contributed by atoms with E-state index in [2.05, 4.69) is 4.98 Å². The Morgan fingerprint density at radius 2 is 1.86 bits per heavy atom. The molecule has 76 valence electrons. The number of hydrogen-bond donors (Lipinski definition) is 3. The molecule has 0 spiro atoms. The number of halogens is 3. The van der Waals surface area contributed by atoms with Crippen molar-refractivity contribution in [3.63, 3.8) is 0 Å². The van der Waals surface area contributed by atoms with Gasteiger partial charge in [-0.3, -0.25) is 0 Å². The molecule has 1 aromatic heterocycles. The van der Waals surface area contributed by atoms with E-state index in [1.807, 2.05) is 0 Å². The third kappa shape index (κ3) is 2.15. The van der Waals surface area contributed by atoms with Gasteiger partial charge in [0.2, 0.25) is 5.88 Å². The van der Waals surface area contributed by atoms with Gasteiger partial charge in [0.1, 0.15) is 0 Å². The first kappa shape index (κ1) is 10.8. The molecular weight excluding hydrogens is 202 g/mol. The van der Waals surface area contributed by atoms with Gasteiger partial charge < -0.3 is 15.2 Å². The number of nitrogens with zero attached hydrogens (tertiary/aromatic N) is 1. The molecule has 0 radical (unpaired) electrons.